The zero-order chi connectivity index (χ0) is 20.1. The summed E-state index contributed by atoms with van der Waals surface area (Å²) < 4.78 is 5.12. The highest BCUT2D eigenvalue weighted by Crippen LogP contribution is 2.34. The minimum atomic E-state index is -0.490. The van der Waals surface area contributed by atoms with Crippen LogP contribution in [0.1, 0.15) is 42.1 Å². The predicted octanol–water partition coefficient (Wildman–Crippen LogP) is 4.06. The van der Waals surface area contributed by atoms with Crippen molar-refractivity contribution in [2.75, 3.05) is 23.8 Å². The molecule has 28 heavy (non-hydrogen) atoms. The van der Waals surface area contributed by atoms with Crippen molar-refractivity contribution in [1.82, 2.24) is 0 Å². The molecule has 0 N–H and O–H groups in total. The molecule has 1 amide bonds. The highest BCUT2D eigenvalue weighted by molar-refractivity contribution is 8.00. The highest BCUT2D eigenvalue weighted by Gasteiger charge is 2.25. The molecule has 0 aliphatic carbocycles. The number of esters is 1. The van der Waals surface area contributed by atoms with Crippen LogP contribution in [0.5, 0.6) is 0 Å². The number of benzene rings is 2. The first-order chi connectivity index (χ1) is 13.5. The molecule has 5 nitrogen and oxygen atoms in total. The molecule has 1 heterocycles. The first-order valence-electron chi connectivity index (χ1n) is 9.26. The number of rotatable bonds is 7. The van der Waals surface area contributed by atoms with E-state index in [0.717, 1.165) is 16.1 Å². The standard InChI is InChI=1S/C22H23NO4S/c1-15(2)16-7-9-17(10-8-16)19(24)13-27-22(26)11-12-23-18-5-3-4-6-20(18)28-14-21(23)25/h3-10,15H,11-14H2,1-2H3. The zero-order valence-corrected chi connectivity index (χ0v) is 16.8. The Morgan fingerprint density at radius 3 is 2.54 bits per heavy atom. The number of ether oxygens (including phenoxy) is 1. The van der Waals surface area contributed by atoms with Gasteiger partial charge in [-0.15, -0.1) is 11.8 Å². The Balaban J connectivity index is 1.51. The fourth-order valence-electron chi connectivity index (χ4n) is 2.96. The van der Waals surface area contributed by atoms with Gasteiger partial charge in [-0.25, -0.2) is 0 Å². The van der Waals surface area contributed by atoms with E-state index in [2.05, 4.69) is 13.8 Å². The third-order valence-corrected chi connectivity index (χ3v) is 5.66. The van der Waals surface area contributed by atoms with E-state index in [1.807, 2.05) is 36.4 Å². The average Bonchev–Trinajstić information content (AvgIpc) is 2.71. The number of hydrogen-bond acceptors (Lipinski definition) is 5. The number of carbonyl (C=O) groups excluding carboxylic acids is 3. The molecule has 3 rings (SSSR count). The SMILES string of the molecule is CC(C)c1ccc(C(=O)COC(=O)CCN2C(=O)CSc3ccccc32)cc1. The Morgan fingerprint density at radius 1 is 1.11 bits per heavy atom. The van der Waals surface area contributed by atoms with Crippen molar-refractivity contribution < 1.29 is 19.1 Å². The van der Waals surface area contributed by atoms with Gasteiger partial charge in [-0.05, 0) is 23.6 Å². The van der Waals surface area contributed by atoms with Crippen molar-refractivity contribution in [2.24, 2.45) is 0 Å². The Hall–Kier alpha value is -2.60. The third-order valence-electron chi connectivity index (χ3n) is 4.61. The van der Waals surface area contributed by atoms with E-state index in [1.165, 1.54) is 11.8 Å². The number of ketones is 1. The van der Waals surface area contributed by atoms with Crippen LogP contribution in [-0.4, -0.2) is 36.6 Å². The zero-order valence-electron chi connectivity index (χ0n) is 16.0. The van der Waals surface area contributed by atoms with Gasteiger partial charge >= 0.3 is 5.97 Å². The van der Waals surface area contributed by atoms with Gasteiger partial charge in [-0.2, -0.15) is 0 Å². The Kier molecular flexibility index (Phi) is 6.52. The molecular weight excluding hydrogens is 374 g/mol. The van der Waals surface area contributed by atoms with E-state index in [1.54, 1.807) is 17.0 Å². The maximum Gasteiger partial charge on any atom is 0.308 e. The normalized spacial score (nSPS) is 13.4. The molecule has 0 spiro atoms. The summed E-state index contributed by atoms with van der Waals surface area (Å²) in [7, 11) is 0. The van der Waals surface area contributed by atoms with Gasteiger partial charge in [0.25, 0.3) is 0 Å². The van der Waals surface area contributed by atoms with Gasteiger partial charge in [0.05, 0.1) is 17.9 Å². The molecule has 0 aromatic heterocycles. The number of Topliss-reactive ketones (excluding diaryl/α,β-unsaturated/α-hetero) is 1. The molecule has 0 saturated heterocycles. The number of thioether (sulfide) groups is 1. The second-order valence-corrected chi connectivity index (χ2v) is 7.93. The maximum absolute atomic E-state index is 12.2. The first-order valence-corrected chi connectivity index (χ1v) is 10.2. The summed E-state index contributed by atoms with van der Waals surface area (Å²) in [5.74, 6) is -0.00682. The van der Waals surface area contributed by atoms with E-state index in [9.17, 15) is 14.4 Å². The van der Waals surface area contributed by atoms with E-state index in [4.69, 9.17) is 4.74 Å². The van der Waals surface area contributed by atoms with Crippen molar-refractivity contribution in [3.63, 3.8) is 0 Å². The van der Waals surface area contributed by atoms with Crippen molar-refractivity contribution in [3.05, 3.63) is 59.7 Å². The van der Waals surface area contributed by atoms with Crippen LogP contribution in [0.4, 0.5) is 5.69 Å². The molecule has 2 aromatic carbocycles. The quantitative estimate of drug-likeness (QED) is 0.521. The summed E-state index contributed by atoms with van der Waals surface area (Å²) in [6, 6.07) is 15.0. The molecular formula is C22H23NO4S. The number of carbonyl (C=O) groups is 3. The van der Waals surface area contributed by atoms with Crippen molar-refractivity contribution in [2.45, 2.75) is 31.1 Å². The van der Waals surface area contributed by atoms with E-state index in [-0.39, 0.29) is 31.3 Å². The smallest absolute Gasteiger partial charge is 0.308 e. The molecule has 0 saturated carbocycles. The molecule has 1 aliphatic rings. The maximum atomic E-state index is 12.2. The van der Waals surface area contributed by atoms with Crippen LogP contribution in [0.3, 0.4) is 0 Å². The first kappa shape index (κ1) is 20.1. The number of amides is 1. The Bertz CT molecular complexity index is 876. The number of anilines is 1. The summed E-state index contributed by atoms with van der Waals surface area (Å²) in [4.78, 5) is 39.1. The summed E-state index contributed by atoms with van der Waals surface area (Å²) in [6.07, 6.45) is 0.0459. The summed E-state index contributed by atoms with van der Waals surface area (Å²) >= 11 is 1.50. The van der Waals surface area contributed by atoms with Gasteiger partial charge in [0, 0.05) is 17.0 Å². The van der Waals surface area contributed by atoms with Crippen molar-refractivity contribution in [1.29, 1.82) is 0 Å². The number of fused-ring (bicyclic) bond motifs is 1. The molecule has 2 aromatic rings. The van der Waals surface area contributed by atoms with Gasteiger partial charge < -0.3 is 9.64 Å². The van der Waals surface area contributed by atoms with Gasteiger partial charge in [0.1, 0.15) is 0 Å². The van der Waals surface area contributed by atoms with Crippen LogP contribution < -0.4 is 4.90 Å². The van der Waals surface area contributed by atoms with Gasteiger partial charge in [0.2, 0.25) is 5.91 Å². The predicted molar refractivity (Wildman–Crippen MR) is 110 cm³/mol. The molecule has 0 unspecified atom stereocenters. The third kappa shape index (κ3) is 4.81. The van der Waals surface area contributed by atoms with Crippen LogP contribution in [0.2, 0.25) is 0 Å². The molecule has 0 atom stereocenters. The van der Waals surface area contributed by atoms with Crippen molar-refractivity contribution >= 4 is 35.1 Å². The number of nitrogens with zero attached hydrogens (tertiary/aromatic N) is 1. The van der Waals surface area contributed by atoms with Crippen LogP contribution in [0.25, 0.3) is 0 Å². The van der Waals surface area contributed by atoms with Crippen LogP contribution in [-0.2, 0) is 14.3 Å². The summed E-state index contributed by atoms with van der Waals surface area (Å²) in [5.41, 5.74) is 2.49. The van der Waals surface area contributed by atoms with Crippen molar-refractivity contribution in [3.8, 4) is 0 Å². The number of hydrogen-bond donors (Lipinski definition) is 0. The van der Waals surface area contributed by atoms with E-state index in [0.29, 0.717) is 17.2 Å². The fourth-order valence-corrected chi connectivity index (χ4v) is 3.89. The second kappa shape index (κ2) is 9.06. The molecule has 0 radical (unpaired) electrons. The Morgan fingerprint density at radius 2 is 1.82 bits per heavy atom. The summed E-state index contributed by atoms with van der Waals surface area (Å²) in [5, 5.41) is 0. The number of para-hydroxylation sites is 1. The molecule has 0 bridgehead atoms. The molecule has 6 heteroatoms. The van der Waals surface area contributed by atoms with Crippen LogP contribution in [0.15, 0.2) is 53.4 Å². The van der Waals surface area contributed by atoms with E-state index >= 15 is 0 Å². The molecule has 146 valence electrons. The van der Waals surface area contributed by atoms with Gasteiger partial charge in [-0.3, -0.25) is 14.4 Å². The fraction of sp³-hybridized carbons (Fsp3) is 0.318. The Labute approximate surface area is 169 Å². The second-order valence-electron chi connectivity index (χ2n) is 6.91. The lowest BCUT2D eigenvalue weighted by Gasteiger charge is -2.28. The van der Waals surface area contributed by atoms with Crippen LogP contribution in [0, 0.1) is 0 Å². The van der Waals surface area contributed by atoms with Crippen LogP contribution >= 0.6 is 11.8 Å². The average molecular weight is 397 g/mol. The minimum Gasteiger partial charge on any atom is -0.457 e. The van der Waals surface area contributed by atoms with E-state index < -0.39 is 5.97 Å². The minimum absolute atomic E-state index is 0.0298. The summed E-state index contributed by atoms with van der Waals surface area (Å²) in [6.45, 7) is 4.12. The lowest BCUT2D eigenvalue weighted by atomic mass is 10.0. The highest BCUT2D eigenvalue weighted by atomic mass is 32.2. The van der Waals surface area contributed by atoms with Gasteiger partial charge in [0.15, 0.2) is 12.4 Å². The molecule has 0 fully saturated rings. The largest absolute Gasteiger partial charge is 0.457 e. The lowest BCUT2D eigenvalue weighted by molar-refractivity contribution is -0.142. The van der Waals surface area contributed by atoms with Gasteiger partial charge in [-0.1, -0.05) is 50.2 Å². The molecule has 1 aliphatic heterocycles. The topological polar surface area (TPSA) is 63.7 Å². The monoisotopic (exact) mass is 397 g/mol. The lowest BCUT2D eigenvalue weighted by Crippen LogP contribution is -2.37.